The van der Waals surface area contributed by atoms with Crippen molar-refractivity contribution in [2.45, 2.75) is 13.8 Å². The van der Waals surface area contributed by atoms with E-state index in [4.69, 9.17) is 4.42 Å². The van der Waals surface area contributed by atoms with Gasteiger partial charge in [-0.3, -0.25) is 4.79 Å². The lowest BCUT2D eigenvalue weighted by Gasteiger charge is -2.04. The summed E-state index contributed by atoms with van der Waals surface area (Å²) in [4.78, 5) is 23.9. The molecule has 5 heteroatoms. The van der Waals surface area contributed by atoms with Crippen molar-refractivity contribution in [1.29, 1.82) is 0 Å². The molecule has 0 saturated carbocycles. The molecule has 0 atom stereocenters. The molecule has 0 bridgehead atoms. The fourth-order valence-corrected chi connectivity index (χ4v) is 2.46. The largest absolute Gasteiger partial charge is 0.435 e. The van der Waals surface area contributed by atoms with Crippen LogP contribution in [0.1, 0.15) is 11.1 Å². The van der Waals surface area contributed by atoms with Crippen LogP contribution in [0.3, 0.4) is 0 Å². The maximum absolute atomic E-state index is 12.3. The zero-order valence-corrected chi connectivity index (χ0v) is 12.2. The molecule has 1 N–H and O–H groups in total. The van der Waals surface area contributed by atoms with Gasteiger partial charge in [0.15, 0.2) is 11.3 Å². The second-order valence-electron chi connectivity index (χ2n) is 5.35. The number of nitrogens with one attached hydrogen (secondary N) is 1. The lowest BCUT2D eigenvalue weighted by molar-refractivity contribution is 0.616. The number of hydrogen-bond acceptors (Lipinski definition) is 4. The van der Waals surface area contributed by atoms with Crippen LogP contribution in [0.2, 0.25) is 0 Å². The van der Waals surface area contributed by atoms with Crippen LogP contribution in [0.4, 0.5) is 0 Å². The average Bonchev–Trinajstić information content (AvgIpc) is 2.92. The Kier molecular flexibility index (Phi) is 2.63. The highest BCUT2D eigenvalue weighted by Gasteiger charge is 2.14. The summed E-state index contributed by atoms with van der Waals surface area (Å²) in [6.07, 6.45) is 0. The number of para-hydroxylation sites is 2. The molecule has 2 aromatic carbocycles. The summed E-state index contributed by atoms with van der Waals surface area (Å²) in [5.41, 5.74) is 4.91. The molecule has 0 aliphatic heterocycles. The standard InChI is InChI=1S/C17H13N3O2/c1-9-7-12-13(8-10(9)2)19-16(21)15(18-12)17-20-11-5-3-4-6-14(11)22-17/h3-8H,1-2H3,(H,19,21). The van der Waals surface area contributed by atoms with Crippen molar-refractivity contribution in [3.8, 4) is 11.6 Å². The first-order valence-corrected chi connectivity index (χ1v) is 6.99. The van der Waals surface area contributed by atoms with E-state index in [0.29, 0.717) is 16.6 Å². The van der Waals surface area contributed by atoms with E-state index in [1.807, 2.05) is 50.2 Å². The molecule has 0 aliphatic carbocycles. The van der Waals surface area contributed by atoms with E-state index < -0.39 is 0 Å². The van der Waals surface area contributed by atoms with E-state index in [1.165, 1.54) is 0 Å². The highest BCUT2D eigenvalue weighted by atomic mass is 16.3. The first kappa shape index (κ1) is 12.8. The smallest absolute Gasteiger partial charge is 0.280 e. The Morgan fingerprint density at radius 2 is 1.77 bits per heavy atom. The lowest BCUT2D eigenvalue weighted by Crippen LogP contribution is -2.11. The number of rotatable bonds is 1. The van der Waals surface area contributed by atoms with Gasteiger partial charge >= 0.3 is 0 Å². The molecular formula is C17H13N3O2. The summed E-state index contributed by atoms with van der Waals surface area (Å²) in [6, 6.07) is 11.3. The van der Waals surface area contributed by atoms with Gasteiger partial charge in [0.1, 0.15) is 5.52 Å². The van der Waals surface area contributed by atoms with Crippen molar-refractivity contribution < 1.29 is 4.42 Å². The second kappa shape index (κ2) is 4.53. The van der Waals surface area contributed by atoms with Crippen LogP contribution in [0.25, 0.3) is 33.7 Å². The van der Waals surface area contributed by atoms with Crippen LogP contribution < -0.4 is 5.56 Å². The van der Waals surface area contributed by atoms with Crippen LogP contribution in [-0.2, 0) is 0 Å². The number of oxazole rings is 1. The SMILES string of the molecule is Cc1cc2nc(-c3nc4ccccc4o3)c(=O)[nH]c2cc1C. The van der Waals surface area contributed by atoms with Crippen LogP contribution in [0, 0.1) is 13.8 Å². The third-order valence-electron chi connectivity index (χ3n) is 3.80. The van der Waals surface area contributed by atoms with E-state index in [2.05, 4.69) is 15.0 Å². The van der Waals surface area contributed by atoms with Crippen molar-refractivity contribution >= 4 is 22.1 Å². The summed E-state index contributed by atoms with van der Waals surface area (Å²) in [6.45, 7) is 4.02. The highest BCUT2D eigenvalue weighted by Crippen LogP contribution is 2.22. The first-order chi connectivity index (χ1) is 10.6. The topological polar surface area (TPSA) is 71.8 Å². The third-order valence-corrected chi connectivity index (χ3v) is 3.80. The summed E-state index contributed by atoms with van der Waals surface area (Å²) in [5.74, 6) is 0.238. The van der Waals surface area contributed by atoms with Crippen molar-refractivity contribution in [2.24, 2.45) is 0 Å². The van der Waals surface area contributed by atoms with E-state index >= 15 is 0 Å². The molecule has 0 unspecified atom stereocenters. The summed E-state index contributed by atoms with van der Waals surface area (Å²) in [7, 11) is 0. The Hall–Kier alpha value is -2.95. The molecular weight excluding hydrogens is 278 g/mol. The van der Waals surface area contributed by atoms with Gasteiger partial charge in [0.05, 0.1) is 11.0 Å². The number of aromatic nitrogens is 3. The lowest BCUT2D eigenvalue weighted by atomic mass is 10.1. The van der Waals surface area contributed by atoms with E-state index in [9.17, 15) is 4.79 Å². The Morgan fingerprint density at radius 1 is 1.00 bits per heavy atom. The van der Waals surface area contributed by atoms with Crippen molar-refractivity contribution in [1.82, 2.24) is 15.0 Å². The number of aryl methyl sites for hydroxylation is 2. The van der Waals surface area contributed by atoms with E-state index in [-0.39, 0.29) is 17.1 Å². The molecule has 108 valence electrons. The third kappa shape index (κ3) is 1.90. The van der Waals surface area contributed by atoms with Crippen LogP contribution in [0.15, 0.2) is 45.6 Å². The minimum Gasteiger partial charge on any atom is -0.435 e. The minimum atomic E-state index is -0.303. The molecule has 2 aromatic heterocycles. The van der Waals surface area contributed by atoms with Crippen molar-refractivity contribution in [3.63, 3.8) is 0 Å². The zero-order chi connectivity index (χ0) is 15.3. The number of hydrogen-bond donors (Lipinski definition) is 1. The summed E-state index contributed by atoms with van der Waals surface area (Å²) < 4.78 is 5.64. The first-order valence-electron chi connectivity index (χ1n) is 6.99. The highest BCUT2D eigenvalue weighted by molar-refractivity contribution is 5.79. The maximum Gasteiger partial charge on any atom is 0.280 e. The van der Waals surface area contributed by atoms with Gasteiger partial charge in [-0.05, 0) is 49.2 Å². The van der Waals surface area contributed by atoms with E-state index in [1.54, 1.807) is 0 Å². The molecule has 0 fully saturated rings. The van der Waals surface area contributed by atoms with Gasteiger partial charge in [-0.2, -0.15) is 0 Å². The maximum atomic E-state index is 12.3. The average molecular weight is 291 g/mol. The van der Waals surface area contributed by atoms with Crippen molar-refractivity contribution in [2.75, 3.05) is 0 Å². The van der Waals surface area contributed by atoms with Gasteiger partial charge in [-0.25, -0.2) is 9.97 Å². The van der Waals surface area contributed by atoms with Gasteiger partial charge in [0, 0.05) is 0 Å². The fourth-order valence-electron chi connectivity index (χ4n) is 2.46. The molecule has 0 amide bonds. The van der Waals surface area contributed by atoms with Crippen LogP contribution in [0.5, 0.6) is 0 Å². The number of H-pyrrole nitrogens is 1. The molecule has 0 spiro atoms. The zero-order valence-electron chi connectivity index (χ0n) is 12.2. The van der Waals surface area contributed by atoms with Crippen LogP contribution in [-0.4, -0.2) is 15.0 Å². The normalized spacial score (nSPS) is 11.4. The molecule has 0 saturated heterocycles. The Bertz CT molecular complexity index is 1040. The molecule has 0 aliphatic rings. The summed E-state index contributed by atoms with van der Waals surface area (Å²) >= 11 is 0. The molecule has 22 heavy (non-hydrogen) atoms. The van der Waals surface area contributed by atoms with Gasteiger partial charge < -0.3 is 9.40 Å². The molecule has 4 rings (SSSR count). The minimum absolute atomic E-state index is 0.201. The number of benzene rings is 2. The van der Waals surface area contributed by atoms with Crippen LogP contribution >= 0.6 is 0 Å². The molecule has 0 radical (unpaired) electrons. The Labute approximate surface area is 125 Å². The summed E-state index contributed by atoms with van der Waals surface area (Å²) in [5, 5.41) is 0. The fraction of sp³-hybridized carbons (Fsp3) is 0.118. The monoisotopic (exact) mass is 291 g/mol. The quantitative estimate of drug-likeness (QED) is 0.583. The number of nitrogens with zero attached hydrogens (tertiary/aromatic N) is 2. The molecule has 2 heterocycles. The predicted molar refractivity (Wildman–Crippen MR) is 84.8 cm³/mol. The second-order valence-corrected chi connectivity index (χ2v) is 5.35. The van der Waals surface area contributed by atoms with Crippen molar-refractivity contribution in [3.05, 3.63) is 57.9 Å². The predicted octanol–water partition coefficient (Wildman–Crippen LogP) is 3.35. The number of aromatic amines is 1. The van der Waals surface area contributed by atoms with E-state index in [0.717, 1.165) is 16.6 Å². The van der Waals surface area contributed by atoms with Gasteiger partial charge in [-0.1, -0.05) is 12.1 Å². The number of fused-ring (bicyclic) bond motifs is 2. The molecule has 4 aromatic rings. The Morgan fingerprint density at radius 3 is 2.59 bits per heavy atom. The van der Waals surface area contributed by atoms with Gasteiger partial charge in [-0.15, -0.1) is 0 Å². The molecule has 5 nitrogen and oxygen atoms in total. The van der Waals surface area contributed by atoms with Gasteiger partial charge in [0.25, 0.3) is 11.4 Å². The Balaban J connectivity index is 1.99. The van der Waals surface area contributed by atoms with Gasteiger partial charge in [0.2, 0.25) is 0 Å².